The Morgan fingerprint density at radius 1 is 0.955 bits per heavy atom. The first kappa shape index (κ1) is 29.5. The standard InChI is InChI=1S/C37H37N3O4/c1-39(24-27-9-13-30(14-10-27)36(42)35(41)29-6-3-2-4-7-29)26-32-8-5-22-40(32)25-28-11-17-33(18-12-28)44-34-19-15-31(16-20-34)37-38-21-23-43-37/h2-4,6-7,9-21,23,32,35,41H,5,8,22,24-26H2,1H3/t32-,35?/m1/s1. The number of aliphatic hydroxyl groups is 1. The van der Waals surface area contributed by atoms with Gasteiger partial charge in [0.1, 0.15) is 23.9 Å². The van der Waals surface area contributed by atoms with E-state index in [1.165, 1.54) is 18.4 Å². The summed E-state index contributed by atoms with van der Waals surface area (Å²) in [5.74, 6) is 1.88. The van der Waals surface area contributed by atoms with Crippen LogP contribution in [0.1, 0.15) is 46.0 Å². The number of likely N-dealkylation sites (N-methyl/N-ethyl adjacent to an activating group) is 1. The molecule has 1 fully saturated rings. The number of nitrogens with zero attached hydrogens (tertiary/aromatic N) is 3. The lowest BCUT2D eigenvalue weighted by Crippen LogP contribution is -2.38. The SMILES string of the molecule is CN(Cc1ccc(C(=O)C(O)c2ccccc2)cc1)C[C@H]1CCCN1Cc1ccc(Oc2ccc(-c3ncco3)cc2)cc1. The third-order valence-corrected chi connectivity index (χ3v) is 8.15. The van der Waals surface area contributed by atoms with Crippen LogP contribution in [0.15, 0.2) is 120 Å². The first-order valence-corrected chi connectivity index (χ1v) is 15.1. The van der Waals surface area contributed by atoms with Gasteiger partial charge < -0.3 is 19.2 Å². The molecule has 44 heavy (non-hydrogen) atoms. The Kier molecular flexibility index (Phi) is 9.27. The average molecular weight is 588 g/mol. The second kappa shape index (κ2) is 13.8. The number of hydrogen-bond donors (Lipinski definition) is 1. The zero-order valence-electron chi connectivity index (χ0n) is 24.9. The minimum absolute atomic E-state index is 0.283. The maximum Gasteiger partial charge on any atom is 0.225 e. The lowest BCUT2D eigenvalue weighted by Gasteiger charge is -2.29. The van der Waals surface area contributed by atoms with Crippen LogP contribution in [0.25, 0.3) is 11.5 Å². The molecule has 0 bridgehead atoms. The summed E-state index contributed by atoms with van der Waals surface area (Å²) in [7, 11) is 2.15. The summed E-state index contributed by atoms with van der Waals surface area (Å²) in [5.41, 5.74) is 4.45. The molecular formula is C37H37N3O4. The molecule has 2 heterocycles. The third kappa shape index (κ3) is 7.32. The van der Waals surface area contributed by atoms with Crippen molar-refractivity contribution in [3.63, 3.8) is 0 Å². The first-order valence-electron chi connectivity index (χ1n) is 15.1. The van der Waals surface area contributed by atoms with Crippen LogP contribution in [0.4, 0.5) is 0 Å². The van der Waals surface area contributed by atoms with Crippen molar-refractivity contribution < 1.29 is 19.1 Å². The highest BCUT2D eigenvalue weighted by Gasteiger charge is 2.26. The molecule has 0 aliphatic carbocycles. The zero-order chi connectivity index (χ0) is 30.3. The van der Waals surface area contributed by atoms with Crippen molar-refractivity contribution in [3.05, 3.63) is 138 Å². The Morgan fingerprint density at radius 3 is 2.32 bits per heavy atom. The predicted octanol–water partition coefficient (Wildman–Crippen LogP) is 7.15. The van der Waals surface area contributed by atoms with Gasteiger partial charge in [-0.05, 0) is 79.5 Å². The molecule has 5 aromatic rings. The number of oxazole rings is 1. The fourth-order valence-electron chi connectivity index (χ4n) is 5.83. The van der Waals surface area contributed by atoms with E-state index in [0.717, 1.165) is 48.8 Å². The summed E-state index contributed by atoms with van der Waals surface area (Å²) >= 11 is 0. The summed E-state index contributed by atoms with van der Waals surface area (Å²) in [6.45, 7) is 3.77. The van der Waals surface area contributed by atoms with E-state index in [9.17, 15) is 9.90 Å². The van der Waals surface area contributed by atoms with Gasteiger partial charge in [-0.3, -0.25) is 9.69 Å². The van der Waals surface area contributed by atoms with Gasteiger partial charge in [-0.1, -0.05) is 66.7 Å². The van der Waals surface area contributed by atoms with E-state index in [0.29, 0.717) is 23.1 Å². The average Bonchev–Trinajstić information content (AvgIpc) is 3.75. The number of ketones is 1. The van der Waals surface area contributed by atoms with Gasteiger partial charge in [0, 0.05) is 36.8 Å². The molecule has 0 saturated carbocycles. The number of hydrogen-bond acceptors (Lipinski definition) is 7. The summed E-state index contributed by atoms with van der Waals surface area (Å²) in [6, 6.07) is 33.2. The van der Waals surface area contributed by atoms with Gasteiger partial charge in [0.2, 0.25) is 5.89 Å². The van der Waals surface area contributed by atoms with Gasteiger partial charge in [0.25, 0.3) is 0 Å². The van der Waals surface area contributed by atoms with Gasteiger partial charge >= 0.3 is 0 Å². The summed E-state index contributed by atoms with van der Waals surface area (Å²) in [5, 5.41) is 10.5. The van der Waals surface area contributed by atoms with Gasteiger partial charge in [0.05, 0.1) is 6.20 Å². The molecule has 7 heteroatoms. The molecule has 1 saturated heterocycles. The number of carbonyl (C=O) groups is 1. The van der Waals surface area contributed by atoms with Crippen LogP contribution in [-0.4, -0.2) is 51.9 Å². The van der Waals surface area contributed by atoms with Crippen LogP contribution in [0.3, 0.4) is 0 Å². The van der Waals surface area contributed by atoms with Crippen LogP contribution in [-0.2, 0) is 13.1 Å². The van der Waals surface area contributed by atoms with Crippen molar-refractivity contribution in [2.45, 2.75) is 38.1 Å². The minimum atomic E-state index is -1.15. The molecule has 1 unspecified atom stereocenters. The van der Waals surface area contributed by atoms with Crippen molar-refractivity contribution >= 4 is 5.78 Å². The van der Waals surface area contributed by atoms with Gasteiger partial charge in [-0.15, -0.1) is 0 Å². The highest BCUT2D eigenvalue weighted by Crippen LogP contribution is 2.27. The van der Waals surface area contributed by atoms with Crippen LogP contribution >= 0.6 is 0 Å². The van der Waals surface area contributed by atoms with E-state index in [1.807, 2.05) is 78.9 Å². The number of benzene rings is 4. The summed E-state index contributed by atoms with van der Waals surface area (Å²) in [6.07, 6.45) is 4.43. The van der Waals surface area contributed by atoms with E-state index in [4.69, 9.17) is 9.15 Å². The first-order chi connectivity index (χ1) is 21.5. The van der Waals surface area contributed by atoms with Crippen LogP contribution < -0.4 is 4.74 Å². The molecule has 0 amide bonds. The maximum absolute atomic E-state index is 12.8. The lowest BCUT2D eigenvalue weighted by atomic mass is 9.99. The molecule has 7 nitrogen and oxygen atoms in total. The number of ether oxygens (including phenoxy) is 1. The normalized spacial score (nSPS) is 15.8. The summed E-state index contributed by atoms with van der Waals surface area (Å²) < 4.78 is 11.4. The Labute approximate surface area is 258 Å². The fourth-order valence-corrected chi connectivity index (χ4v) is 5.83. The molecule has 2 atom stereocenters. The van der Waals surface area contributed by atoms with E-state index in [1.54, 1.807) is 24.6 Å². The highest BCUT2D eigenvalue weighted by molar-refractivity contribution is 5.99. The maximum atomic E-state index is 12.8. The van der Waals surface area contributed by atoms with Gasteiger partial charge in [0.15, 0.2) is 5.78 Å². The number of likely N-dealkylation sites (tertiary alicyclic amines) is 1. The topological polar surface area (TPSA) is 79.0 Å². The largest absolute Gasteiger partial charge is 0.457 e. The molecule has 1 aliphatic heterocycles. The number of aromatic nitrogens is 1. The molecule has 4 aromatic carbocycles. The number of Topliss-reactive ketones (excluding diaryl/α,β-unsaturated/α-hetero) is 1. The number of carbonyl (C=O) groups excluding carboxylic acids is 1. The fraction of sp³-hybridized carbons (Fsp3) is 0.243. The smallest absolute Gasteiger partial charge is 0.225 e. The molecular weight excluding hydrogens is 550 g/mol. The lowest BCUT2D eigenvalue weighted by molar-refractivity contribution is 0.0747. The van der Waals surface area contributed by atoms with E-state index in [2.05, 4.69) is 34.0 Å². The second-order valence-electron chi connectivity index (χ2n) is 11.4. The Hall–Kier alpha value is -4.56. The minimum Gasteiger partial charge on any atom is -0.457 e. The quantitative estimate of drug-likeness (QED) is 0.155. The number of aliphatic hydroxyl groups excluding tert-OH is 1. The predicted molar refractivity (Wildman–Crippen MR) is 170 cm³/mol. The Balaban J connectivity index is 0.987. The third-order valence-electron chi connectivity index (χ3n) is 8.15. The molecule has 0 radical (unpaired) electrons. The molecule has 224 valence electrons. The molecule has 0 spiro atoms. The van der Waals surface area contributed by atoms with Crippen molar-refractivity contribution in [1.29, 1.82) is 0 Å². The Morgan fingerprint density at radius 2 is 1.64 bits per heavy atom. The van der Waals surface area contributed by atoms with E-state index >= 15 is 0 Å². The molecule has 1 N–H and O–H groups in total. The zero-order valence-corrected chi connectivity index (χ0v) is 24.9. The highest BCUT2D eigenvalue weighted by atomic mass is 16.5. The van der Waals surface area contributed by atoms with Crippen molar-refractivity contribution in [2.24, 2.45) is 0 Å². The van der Waals surface area contributed by atoms with Gasteiger partial charge in [-0.25, -0.2) is 4.98 Å². The van der Waals surface area contributed by atoms with Crippen molar-refractivity contribution in [1.82, 2.24) is 14.8 Å². The molecule has 6 rings (SSSR count). The van der Waals surface area contributed by atoms with Crippen LogP contribution in [0, 0.1) is 0 Å². The van der Waals surface area contributed by atoms with Crippen LogP contribution in [0.5, 0.6) is 11.5 Å². The van der Waals surface area contributed by atoms with Crippen LogP contribution in [0.2, 0.25) is 0 Å². The van der Waals surface area contributed by atoms with Crippen molar-refractivity contribution in [3.8, 4) is 23.0 Å². The number of rotatable bonds is 12. The molecule has 1 aliphatic rings. The van der Waals surface area contributed by atoms with E-state index < -0.39 is 6.10 Å². The van der Waals surface area contributed by atoms with Crippen molar-refractivity contribution in [2.75, 3.05) is 20.1 Å². The monoisotopic (exact) mass is 587 g/mol. The van der Waals surface area contributed by atoms with Gasteiger partial charge in [-0.2, -0.15) is 0 Å². The summed E-state index contributed by atoms with van der Waals surface area (Å²) in [4.78, 5) is 21.9. The second-order valence-corrected chi connectivity index (χ2v) is 11.4. The molecule has 1 aromatic heterocycles. The van der Waals surface area contributed by atoms with E-state index in [-0.39, 0.29) is 5.78 Å². The Bertz CT molecular complexity index is 1620.